The number of hydrogen-bond donors (Lipinski definition) is 3. The summed E-state index contributed by atoms with van der Waals surface area (Å²) in [5.41, 5.74) is 0.956. The Morgan fingerprint density at radius 3 is 2.07 bits per heavy atom. The molecule has 0 saturated heterocycles. The van der Waals surface area contributed by atoms with Gasteiger partial charge < -0.3 is 20.6 Å². The Balaban J connectivity index is 2.60. The van der Waals surface area contributed by atoms with Crippen molar-refractivity contribution in [1.82, 2.24) is 0 Å². The first-order valence-corrected chi connectivity index (χ1v) is 10.7. The van der Waals surface area contributed by atoms with E-state index in [9.17, 15) is 14.7 Å². The van der Waals surface area contributed by atoms with Crippen molar-refractivity contribution in [1.29, 1.82) is 0 Å². The van der Waals surface area contributed by atoms with Gasteiger partial charge in [-0.25, -0.2) is 4.79 Å². The van der Waals surface area contributed by atoms with Crippen LogP contribution in [0.5, 0.6) is 0 Å². The zero-order chi connectivity index (χ0) is 22.6. The maximum Gasteiger partial charge on any atom is 0.337 e. The Bertz CT molecular complexity index is 978. The standard InChI is InChI=1S/C20H21Cl4N3O3/c1-4-25-16-11(7-10(21)8-13(16)22)19(28)26-17-14(23)9-12(20(29)30)18(15(17)24)27(5-2)6-3/h7-9,25H,4-6H2,1-3H3,(H,26,28)(H,29,30). The predicted molar refractivity (Wildman–Crippen MR) is 126 cm³/mol. The van der Waals surface area contributed by atoms with Crippen LogP contribution in [0.1, 0.15) is 41.5 Å². The third kappa shape index (κ3) is 5.06. The van der Waals surface area contributed by atoms with Crippen molar-refractivity contribution in [3.8, 4) is 0 Å². The summed E-state index contributed by atoms with van der Waals surface area (Å²) in [5, 5.41) is 15.9. The Morgan fingerprint density at radius 1 is 0.933 bits per heavy atom. The fourth-order valence-electron chi connectivity index (χ4n) is 3.03. The van der Waals surface area contributed by atoms with E-state index in [-0.39, 0.29) is 42.6 Å². The van der Waals surface area contributed by atoms with Gasteiger partial charge in [-0.2, -0.15) is 0 Å². The molecule has 2 aromatic carbocycles. The monoisotopic (exact) mass is 491 g/mol. The van der Waals surface area contributed by atoms with Crippen LogP contribution in [0, 0.1) is 0 Å². The number of halogens is 4. The van der Waals surface area contributed by atoms with Crippen molar-refractivity contribution >= 4 is 75.3 Å². The molecule has 0 bridgehead atoms. The Kier molecular flexibility index (Phi) is 8.50. The molecular formula is C20H21Cl4N3O3. The second kappa shape index (κ2) is 10.4. The van der Waals surface area contributed by atoms with Gasteiger partial charge in [-0.3, -0.25) is 4.79 Å². The number of carbonyl (C=O) groups excluding carboxylic acids is 1. The number of benzene rings is 2. The van der Waals surface area contributed by atoms with E-state index < -0.39 is 11.9 Å². The molecule has 0 aliphatic rings. The molecule has 6 nitrogen and oxygen atoms in total. The SMILES string of the molecule is CCNc1c(Cl)cc(Cl)cc1C(=O)Nc1c(Cl)cc(C(=O)O)c(N(CC)CC)c1Cl. The van der Waals surface area contributed by atoms with Gasteiger partial charge >= 0.3 is 5.97 Å². The molecule has 0 aromatic heterocycles. The van der Waals surface area contributed by atoms with Crippen molar-refractivity contribution in [2.75, 3.05) is 35.2 Å². The highest BCUT2D eigenvalue weighted by atomic mass is 35.5. The van der Waals surface area contributed by atoms with E-state index in [0.717, 1.165) is 0 Å². The summed E-state index contributed by atoms with van der Waals surface area (Å²) in [7, 11) is 0. The van der Waals surface area contributed by atoms with E-state index in [0.29, 0.717) is 25.3 Å². The van der Waals surface area contributed by atoms with E-state index in [4.69, 9.17) is 46.4 Å². The third-order valence-electron chi connectivity index (χ3n) is 4.39. The molecule has 30 heavy (non-hydrogen) atoms. The number of hydrogen-bond acceptors (Lipinski definition) is 4. The van der Waals surface area contributed by atoms with Crippen LogP contribution in [0.15, 0.2) is 18.2 Å². The van der Waals surface area contributed by atoms with Gasteiger partial charge in [0.15, 0.2) is 0 Å². The van der Waals surface area contributed by atoms with Crippen LogP contribution < -0.4 is 15.5 Å². The second-order valence-corrected chi connectivity index (χ2v) is 7.84. The highest BCUT2D eigenvalue weighted by Gasteiger charge is 2.25. The molecule has 0 aliphatic carbocycles. The molecule has 2 rings (SSSR count). The molecule has 0 unspecified atom stereocenters. The smallest absolute Gasteiger partial charge is 0.337 e. The number of carboxylic acids is 1. The predicted octanol–water partition coefficient (Wildman–Crippen LogP) is 6.53. The molecule has 0 saturated carbocycles. The number of anilines is 3. The van der Waals surface area contributed by atoms with Crippen molar-refractivity contribution in [2.24, 2.45) is 0 Å². The number of rotatable bonds is 8. The molecule has 0 aliphatic heterocycles. The topological polar surface area (TPSA) is 81.7 Å². The molecular weight excluding hydrogens is 472 g/mol. The molecule has 2 aromatic rings. The van der Waals surface area contributed by atoms with Crippen molar-refractivity contribution < 1.29 is 14.7 Å². The quantitative estimate of drug-likeness (QED) is 0.390. The largest absolute Gasteiger partial charge is 0.478 e. The van der Waals surface area contributed by atoms with E-state index in [1.807, 2.05) is 20.8 Å². The maximum atomic E-state index is 13.0. The number of nitrogens with zero attached hydrogens (tertiary/aromatic N) is 1. The van der Waals surface area contributed by atoms with Crippen LogP contribution in [0.4, 0.5) is 17.1 Å². The van der Waals surface area contributed by atoms with Crippen LogP contribution in [0.25, 0.3) is 0 Å². The minimum absolute atomic E-state index is 0.000202. The van der Waals surface area contributed by atoms with E-state index in [2.05, 4.69) is 10.6 Å². The van der Waals surface area contributed by atoms with Gasteiger partial charge in [0, 0.05) is 24.7 Å². The molecule has 1 amide bonds. The molecule has 0 spiro atoms. The van der Waals surface area contributed by atoms with E-state index in [1.54, 1.807) is 4.90 Å². The summed E-state index contributed by atoms with van der Waals surface area (Å²) < 4.78 is 0. The van der Waals surface area contributed by atoms with Gasteiger partial charge in [-0.1, -0.05) is 46.4 Å². The normalized spacial score (nSPS) is 10.6. The molecule has 0 radical (unpaired) electrons. The maximum absolute atomic E-state index is 13.0. The average molecular weight is 493 g/mol. The van der Waals surface area contributed by atoms with Crippen LogP contribution in [-0.2, 0) is 0 Å². The van der Waals surface area contributed by atoms with Crippen molar-refractivity contribution in [2.45, 2.75) is 20.8 Å². The lowest BCUT2D eigenvalue weighted by Gasteiger charge is -2.26. The first-order valence-electron chi connectivity index (χ1n) is 9.20. The highest BCUT2D eigenvalue weighted by molar-refractivity contribution is 6.43. The molecule has 162 valence electrons. The van der Waals surface area contributed by atoms with Crippen molar-refractivity contribution in [3.05, 3.63) is 49.4 Å². The highest BCUT2D eigenvalue weighted by Crippen LogP contribution is 2.42. The van der Waals surface area contributed by atoms with Crippen LogP contribution in [-0.4, -0.2) is 36.6 Å². The fraction of sp³-hybridized carbons (Fsp3) is 0.300. The van der Waals surface area contributed by atoms with Gasteiger partial charge in [-0.05, 0) is 39.0 Å². The zero-order valence-corrected chi connectivity index (χ0v) is 19.6. The number of amides is 1. The number of aromatic carboxylic acids is 1. The summed E-state index contributed by atoms with van der Waals surface area (Å²) in [4.78, 5) is 26.6. The lowest BCUT2D eigenvalue weighted by atomic mass is 10.1. The van der Waals surface area contributed by atoms with Gasteiger partial charge in [0.25, 0.3) is 5.91 Å². The average Bonchev–Trinajstić information content (AvgIpc) is 2.68. The Morgan fingerprint density at radius 2 is 1.53 bits per heavy atom. The summed E-state index contributed by atoms with van der Waals surface area (Å²) in [6.45, 7) is 7.16. The first-order chi connectivity index (χ1) is 14.2. The van der Waals surface area contributed by atoms with Crippen molar-refractivity contribution in [3.63, 3.8) is 0 Å². The fourth-order valence-corrected chi connectivity index (χ4v) is 4.26. The lowest BCUT2D eigenvalue weighted by molar-refractivity contribution is 0.0697. The number of nitrogens with one attached hydrogen (secondary N) is 2. The Labute approximate surface area is 195 Å². The molecule has 0 atom stereocenters. The second-order valence-electron chi connectivity index (χ2n) is 6.22. The minimum atomic E-state index is -1.17. The summed E-state index contributed by atoms with van der Waals surface area (Å²) in [6.07, 6.45) is 0. The minimum Gasteiger partial charge on any atom is -0.478 e. The van der Waals surface area contributed by atoms with Crippen LogP contribution >= 0.6 is 46.4 Å². The third-order valence-corrected chi connectivity index (χ3v) is 5.58. The van der Waals surface area contributed by atoms with E-state index in [1.165, 1.54) is 18.2 Å². The summed E-state index contributed by atoms with van der Waals surface area (Å²) in [5.74, 6) is -1.72. The Hall–Kier alpha value is -1.86. The summed E-state index contributed by atoms with van der Waals surface area (Å²) in [6, 6.07) is 4.27. The number of carboxylic acid groups (broad SMARTS) is 1. The van der Waals surface area contributed by atoms with Gasteiger partial charge in [-0.15, -0.1) is 0 Å². The number of carbonyl (C=O) groups is 2. The van der Waals surface area contributed by atoms with Gasteiger partial charge in [0.05, 0.1) is 43.3 Å². The van der Waals surface area contributed by atoms with Gasteiger partial charge in [0.1, 0.15) is 0 Å². The molecule has 0 heterocycles. The summed E-state index contributed by atoms with van der Waals surface area (Å²) >= 11 is 25.1. The molecule has 0 fully saturated rings. The van der Waals surface area contributed by atoms with Crippen LogP contribution in [0.3, 0.4) is 0 Å². The molecule has 10 heteroatoms. The molecule has 3 N–H and O–H groups in total. The zero-order valence-electron chi connectivity index (χ0n) is 16.6. The first kappa shape index (κ1) is 24.4. The van der Waals surface area contributed by atoms with Crippen LogP contribution in [0.2, 0.25) is 20.1 Å². The lowest BCUT2D eigenvalue weighted by Crippen LogP contribution is -2.25. The van der Waals surface area contributed by atoms with Gasteiger partial charge in [0.2, 0.25) is 0 Å². The van der Waals surface area contributed by atoms with E-state index >= 15 is 0 Å².